The monoisotopic (exact) mass is 545 g/mol. The molecule has 0 saturated carbocycles. The molecule has 0 bridgehead atoms. The molecule has 2 N–H and O–H groups in total. The zero-order valence-corrected chi connectivity index (χ0v) is 21.6. The molecular formula is C22H32IN3O3S. The first kappa shape index (κ1) is 26.2. The van der Waals surface area contributed by atoms with E-state index in [-0.39, 0.29) is 29.6 Å². The Morgan fingerprint density at radius 2 is 1.70 bits per heavy atom. The summed E-state index contributed by atoms with van der Waals surface area (Å²) in [6.45, 7) is 8.97. The van der Waals surface area contributed by atoms with Gasteiger partial charge in [-0.15, -0.1) is 24.0 Å². The summed E-state index contributed by atoms with van der Waals surface area (Å²) in [4.78, 5) is 4.62. The van der Waals surface area contributed by atoms with Crippen molar-refractivity contribution in [2.24, 2.45) is 4.99 Å². The van der Waals surface area contributed by atoms with Crippen molar-refractivity contribution in [3.63, 3.8) is 0 Å². The van der Waals surface area contributed by atoms with Gasteiger partial charge in [0.2, 0.25) is 0 Å². The lowest BCUT2D eigenvalue weighted by Gasteiger charge is -2.23. The van der Waals surface area contributed by atoms with Gasteiger partial charge < -0.3 is 15.4 Å². The Bertz CT molecular complexity index is 983. The number of rotatable bonds is 6. The molecule has 0 fully saturated rings. The van der Waals surface area contributed by atoms with E-state index in [0.29, 0.717) is 23.9 Å². The molecule has 6 nitrogen and oxygen atoms in total. The molecule has 0 aliphatic rings. The van der Waals surface area contributed by atoms with Crippen LogP contribution in [0.2, 0.25) is 0 Å². The predicted molar refractivity (Wildman–Crippen MR) is 134 cm³/mol. The second kappa shape index (κ2) is 11.0. The Kier molecular flexibility index (Phi) is 9.61. The molecule has 2 aromatic carbocycles. The zero-order valence-electron chi connectivity index (χ0n) is 18.4. The number of guanidine groups is 1. The van der Waals surface area contributed by atoms with Crippen molar-refractivity contribution in [2.75, 3.05) is 13.3 Å². The molecule has 0 radical (unpaired) electrons. The highest BCUT2D eigenvalue weighted by atomic mass is 127. The van der Waals surface area contributed by atoms with Crippen molar-refractivity contribution in [3.05, 3.63) is 59.2 Å². The maximum Gasteiger partial charge on any atom is 0.191 e. The van der Waals surface area contributed by atoms with Crippen LogP contribution >= 0.6 is 24.0 Å². The lowest BCUT2D eigenvalue weighted by atomic mass is 10.1. The summed E-state index contributed by atoms with van der Waals surface area (Å²) in [7, 11) is -1.50. The zero-order chi connectivity index (χ0) is 21.7. The minimum Gasteiger partial charge on any atom is -0.488 e. The van der Waals surface area contributed by atoms with E-state index in [2.05, 4.69) is 15.6 Å². The van der Waals surface area contributed by atoms with Gasteiger partial charge in [-0.05, 0) is 51.0 Å². The van der Waals surface area contributed by atoms with Crippen LogP contribution in [0.3, 0.4) is 0 Å². The molecular weight excluding hydrogens is 513 g/mol. The average Bonchev–Trinajstić information content (AvgIpc) is 2.60. The lowest BCUT2D eigenvalue weighted by molar-refractivity contribution is 0.129. The molecule has 0 amide bonds. The van der Waals surface area contributed by atoms with Crippen LogP contribution < -0.4 is 15.4 Å². The molecule has 0 unspecified atom stereocenters. The summed E-state index contributed by atoms with van der Waals surface area (Å²) in [5.41, 5.74) is 2.49. The topological polar surface area (TPSA) is 79.8 Å². The largest absolute Gasteiger partial charge is 0.488 e. The standard InChI is InChI=1S/C22H31N3O3S.HI/c1-16-13-17(11-12-20(16)29(6,26)27)14-24-21(23-5)25-15-18-9-7-8-10-19(18)28-22(2,3)4;/h7-13H,14-15H2,1-6H3,(H2,23,24,25);1H. The van der Waals surface area contributed by atoms with E-state index in [1.54, 1.807) is 20.0 Å². The fourth-order valence-corrected chi connectivity index (χ4v) is 3.86. The third-order valence-electron chi connectivity index (χ3n) is 4.16. The van der Waals surface area contributed by atoms with Crippen molar-refractivity contribution in [1.29, 1.82) is 0 Å². The van der Waals surface area contributed by atoms with Crippen LogP contribution in [0.5, 0.6) is 5.75 Å². The van der Waals surface area contributed by atoms with E-state index < -0.39 is 9.84 Å². The van der Waals surface area contributed by atoms with E-state index >= 15 is 0 Å². The third kappa shape index (κ3) is 8.14. The second-order valence-corrected chi connectivity index (χ2v) is 9.96. The molecule has 0 atom stereocenters. The number of halogens is 1. The van der Waals surface area contributed by atoms with Gasteiger partial charge in [0.25, 0.3) is 0 Å². The van der Waals surface area contributed by atoms with E-state index in [1.807, 2.05) is 57.2 Å². The summed E-state index contributed by atoms with van der Waals surface area (Å²) in [6.07, 6.45) is 1.22. The summed E-state index contributed by atoms with van der Waals surface area (Å²) in [6, 6.07) is 13.3. The number of ether oxygens (including phenoxy) is 1. The number of nitrogens with one attached hydrogen (secondary N) is 2. The highest BCUT2D eigenvalue weighted by Gasteiger charge is 2.14. The van der Waals surface area contributed by atoms with Crippen LogP contribution in [-0.2, 0) is 22.9 Å². The number of aliphatic imine (C=N–C) groups is 1. The maximum absolute atomic E-state index is 11.8. The van der Waals surface area contributed by atoms with Crippen molar-refractivity contribution in [1.82, 2.24) is 10.6 Å². The first-order chi connectivity index (χ1) is 13.5. The minimum absolute atomic E-state index is 0. The van der Waals surface area contributed by atoms with Crippen LogP contribution in [0.15, 0.2) is 52.4 Å². The number of para-hydroxylation sites is 1. The minimum atomic E-state index is -3.21. The molecule has 2 rings (SSSR count). The number of benzene rings is 2. The Labute approximate surface area is 197 Å². The fourth-order valence-electron chi connectivity index (χ4n) is 2.90. The van der Waals surface area contributed by atoms with Gasteiger partial charge in [-0.1, -0.05) is 30.3 Å². The normalized spacial score (nSPS) is 12.1. The third-order valence-corrected chi connectivity index (χ3v) is 5.41. The summed E-state index contributed by atoms with van der Waals surface area (Å²) in [5.74, 6) is 1.50. The molecule has 30 heavy (non-hydrogen) atoms. The molecule has 8 heteroatoms. The van der Waals surface area contributed by atoms with Crippen molar-refractivity contribution >= 4 is 39.8 Å². The van der Waals surface area contributed by atoms with Crippen LogP contribution in [0.1, 0.15) is 37.5 Å². The summed E-state index contributed by atoms with van der Waals surface area (Å²) in [5, 5.41) is 6.55. The van der Waals surface area contributed by atoms with Crippen LogP contribution in [0.4, 0.5) is 0 Å². The first-order valence-corrected chi connectivity index (χ1v) is 11.4. The number of hydrogen-bond donors (Lipinski definition) is 2. The Morgan fingerprint density at radius 1 is 1.07 bits per heavy atom. The SMILES string of the molecule is CN=C(NCc1ccc(S(C)(=O)=O)c(C)c1)NCc1ccccc1OC(C)(C)C.I. The van der Waals surface area contributed by atoms with Crippen LogP contribution in [0.25, 0.3) is 0 Å². The molecule has 0 heterocycles. The number of sulfone groups is 1. The van der Waals surface area contributed by atoms with Gasteiger partial charge in [-0.25, -0.2) is 8.42 Å². The van der Waals surface area contributed by atoms with Gasteiger partial charge in [0.05, 0.1) is 4.90 Å². The van der Waals surface area contributed by atoms with Crippen LogP contribution in [0, 0.1) is 6.92 Å². The molecule has 2 aromatic rings. The van der Waals surface area contributed by atoms with E-state index in [1.165, 1.54) is 6.26 Å². The number of nitrogens with zero attached hydrogens (tertiary/aromatic N) is 1. The number of aryl methyl sites for hydroxylation is 1. The quantitative estimate of drug-likeness (QED) is 0.325. The summed E-state index contributed by atoms with van der Waals surface area (Å²) >= 11 is 0. The molecule has 0 aliphatic carbocycles. The molecule has 0 spiro atoms. The van der Waals surface area contributed by atoms with Gasteiger partial charge in [-0.2, -0.15) is 0 Å². The maximum atomic E-state index is 11.8. The summed E-state index contributed by atoms with van der Waals surface area (Å²) < 4.78 is 29.5. The molecule has 0 aliphatic heterocycles. The van der Waals surface area contributed by atoms with Gasteiger partial charge in [0, 0.05) is 32.0 Å². The van der Waals surface area contributed by atoms with Gasteiger partial charge in [-0.3, -0.25) is 4.99 Å². The van der Waals surface area contributed by atoms with E-state index in [9.17, 15) is 8.42 Å². The number of hydrogen-bond acceptors (Lipinski definition) is 4. The van der Waals surface area contributed by atoms with E-state index in [0.717, 1.165) is 22.4 Å². The van der Waals surface area contributed by atoms with Gasteiger partial charge >= 0.3 is 0 Å². The average molecular weight is 545 g/mol. The second-order valence-electron chi connectivity index (χ2n) is 7.97. The smallest absolute Gasteiger partial charge is 0.191 e. The van der Waals surface area contributed by atoms with Gasteiger partial charge in [0.1, 0.15) is 11.4 Å². The fraction of sp³-hybridized carbons (Fsp3) is 0.409. The Balaban J connectivity index is 0.00000450. The van der Waals surface area contributed by atoms with Crippen LogP contribution in [-0.4, -0.2) is 33.3 Å². The van der Waals surface area contributed by atoms with E-state index in [4.69, 9.17) is 4.74 Å². The Morgan fingerprint density at radius 3 is 2.27 bits per heavy atom. The van der Waals surface area contributed by atoms with Crippen molar-refractivity contribution in [3.8, 4) is 5.75 Å². The molecule has 0 aromatic heterocycles. The highest BCUT2D eigenvalue weighted by Crippen LogP contribution is 2.22. The van der Waals surface area contributed by atoms with Gasteiger partial charge in [0.15, 0.2) is 15.8 Å². The highest BCUT2D eigenvalue weighted by molar-refractivity contribution is 14.0. The Hall–Kier alpha value is -1.81. The molecule has 166 valence electrons. The first-order valence-electron chi connectivity index (χ1n) is 9.50. The molecule has 0 saturated heterocycles. The van der Waals surface area contributed by atoms with Crippen molar-refractivity contribution < 1.29 is 13.2 Å². The predicted octanol–water partition coefficient (Wildman–Crippen LogP) is 4.06. The lowest BCUT2D eigenvalue weighted by Crippen LogP contribution is -2.36. The van der Waals surface area contributed by atoms with Crippen molar-refractivity contribution in [2.45, 2.75) is 51.3 Å².